The van der Waals surface area contributed by atoms with Gasteiger partial charge in [0, 0.05) is 37.4 Å². The Balaban J connectivity index is 1.57. The minimum Gasteiger partial charge on any atom is -0.339 e. The summed E-state index contributed by atoms with van der Waals surface area (Å²) in [6.07, 6.45) is 0. The smallest absolute Gasteiger partial charge is 0.233 e. The van der Waals surface area contributed by atoms with Crippen LogP contribution >= 0.6 is 23.4 Å². The summed E-state index contributed by atoms with van der Waals surface area (Å²) in [4.78, 5) is 17.1. The van der Waals surface area contributed by atoms with Crippen molar-refractivity contribution in [1.29, 1.82) is 0 Å². The van der Waals surface area contributed by atoms with E-state index in [2.05, 4.69) is 22.0 Å². The molecule has 30 heavy (non-hydrogen) atoms. The zero-order valence-corrected chi connectivity index (χ0v) is 18.4. The Morgan fingerprint density at radius 2 is 1.70 bits per heavy atom. The molecule has 1 aromatic heterocycles. The lowest BCUT2D eigenvalue weighted by Crippen LogP contribution is -2.49. The summed E-state index contributed by atoms with van der Waals surface area (Å²) in [6.45, 7) is 6.61. The predicted molar refractivity (Wildman–Crippen MR) is 121 cm³/mol. The van der Waals surface area contributed by atoms with E-state index >= 15 is 0 Å². The lowest BCUT2D eigenvalue weighted by molar-refractivity contribution is -0.130. The molecular formula is C22H24ClN5OS. The van der Waals surface area contributed by atoms with E-state index in [1.54, 1.807) is 0 Å². The summed E-state index contributed by atoms with van der Waals surface area (Å²) in [7, 11) is 0. The number of benzene rings is 2. The van der Waals surface area contributed by atoms with Crippen molar-refractivity contribution in [3.63, 3.8) is 0 Å². The van der Waals surface area contributed by atoms with Gasteiger partial charge in [-0.1, -0.05) is 60.6 Å². The molecule has 2 aromatic carbocycles. The molecule has 0 unspecified atom stereocenters. The zero-order chi connectivity index (χ0) is 20.9. The topological polar surface area (TPSA) is 54.3 Å². The number of hydrogen-bond donors (Lipinski definition) is 0. The molecule has 0 spiro atoms. The molecule has 0 saturated carbocycles. The third-order valence-corrected chi connectivity index (χ3v) is 6.50. The molecule has 4 rings (SSSR count). The fraction of sp³-hybridized carbons (Fsp3) is 0.318. The fourth-order valence-corrected chi connectivity index (χ4v) is 4.60. The van der Waals surface area contributed by atoms with Crippen LogP contribution in [0.2, 0.25) is 5.02 Å². The number of para-hydroxylation sites is 1. The lowest BCUT2D eigenvalue weighted by atomic mass is 10.2. The highest BCUT2D eigenvalue weighted by molar-refractivity contribution is 7.99. The number of carbonyl (C=O) groups is 1. The molecule has 1 aliphatic rings. The maximum atomic E-state index is 12.8. The van der Waals surface area contributed by atoms with E-state index in [0.29, 0.717) is 21.8 Å². The van der Waals surface area contributed by atoms with Gasteiger partial charge in [-0.3, -0.25) is 9.36 Å². The first-order valence-corrected chi connectivity index (χ1v) is 11.4. The number of nitrogens with zero attached hydrogens (tertiary/aromatic N) is 5. The monoisotopic (exact) mass is 441 g/mol. The average molecular weight is 442 g/mol. The Morgan fingerprint density at radius 3 is 2.40 bits per heavy atom. The summed E-state index contributed by atoms with van der Waals surface area (Å²) in [5.41, 5.74) is 1.74. The van der Waals surface area contributed by atoms with Crippen LogP contribution in [0.1, 0.15) is 6.92 Å². The van der Waals surface area contributed by atoms with E-state index in [0.717, 1.165) is 44.0 Å². The summed E-state index contributed by atoms with van der Waals surface area (Å²) in [5.74, 6) is 1.13. The Morgan fingerprint density at radius 1 is 1.00 bits per heavy atom. The van der Waals surface area contributed by atoms with Crippen molar-refractivity contribution in [2.75, 3.05) is 38.5 Å². The van der Waals surface area contributed by atoms with E-state index in [1.807, 2.05) is 64.1 Å². The van der Waals surface area contributed by atoms with Gasteiger partial charge in [-0.2, -0.15) is 0 Å². The van der Waals surface area contributed by atoms with Gasteiger partial charge in [0.05, 0.1) is 10.8 Å². The second-order valence-electron chi connectivity index (χ2n) is 7.06. The highest BCUT2D eigenvalue weighted by Gasteiger charge is 2.22. The molecule has 6 nitrogen and oxygen atoms in total. The Bertz CT molecular complexity index is 1000. The molecule has 0 aliphatic carbocycles. The number of likely N-dealkylation sites (N-methyl/N-ethyl adjacent to an activating group) is 1. The molecular weight excluding hydrogens is 418 g/mol. The van der Waals surface area contributed by atoms with E-state index in [9.17, 15) is 4.79 Å². The first-order valence-electron chi connectivity index (χ1n) is 10.1. The van der Waals surface area contributed by atoms with E-state index < -0.39 is 0 Å². The second kappa shape index (κ2) is 9.64. The number of hydrogen-bond acceptors (Lipinski definition) is 5. The fourth-order valence-electron chi connectivity index (χ4n) is 3.52. The third-order valence-electron chi connectivity index (χ3n) is 5.26. The SMILES string of the molecule is CCN1CCN(C(=O)CSc2nnc(-c3ccccc3Cl)n2-c2ccccc2)CC1. The zero-order valence-electron chi connectivity index (χ0n) is 16.9. The van der Waals surface area contributed by atoms with Crippen LogP contribution in [0.15, 0.2) is 59.8 Å². The summed E-state index contributed by atoms with van der Waals surface area (Å²) >= 11 is 7.84. The van der Waals surface area contributed by atoms with Crippen molar-refractivity contribution in [3.8, 4) is 17.1 Å². The quantitative estimate of drug-likeness (QED) is 0.544. The van der Waals surface area contributed by atoms with Gasteiger partial charge in [0.2, 0.25) is 5.91 Å². The molecule has 156 valence electrons. The van der Waals surface area contributed by atoms with Crippen LogP contribution in [0.25, 0.3) is 17.1 Å². The van der Waals surface area contributed by atoms with Crippen molar-refractivity contribution in [1.82, 2.24) is 24.6 Å². The van der Waals surface area contributed by atoms with Crippen LogP contribution in [0, 0.1) is 0 Å². The Hall–Kier alpha value is -2.35. The number of aromatic nitrogens is 3. The van der Waals surface area contributed by atoms with Crippen LogP contribution in [0.4, 0.5) is 0 Å². The van der Waals surface area contributed by atoms with Crippen molar-refractivity contribution in [2.24, 2.45) is 0 Å². The predicted octanol–water partition coefficient (Wildman–Crippen LogP) is 3.84. The number of halogens is 1. The molecule has 0 bridgehead atoms. The average Bonchev–Trinajstić information content (AvgIpc) is 3.22. The van der Waals surface area contributed by atoms with Gasteiger partial charge in [-0.05, 0) is 30.8 Å². The number of carbonyl (C=O) groups excluding carboxylic acids is 1. The van der Waals surface area contributed by atoms with E-state index in [-0.39, 0.29) is 5.91 Å². The van der Waals surface area contributed by atoms with E-state index in [1.165, 1.54) is 11.8 Å². The molecule has 0 radical (unpaired) electrons. The van der Waals surface area contributed by atoms with Crippen LogP contribution in [0.3, 0.4) is 0 Å². The first kappa shape index (κ1) is 20.9. The van der Waals surface area contributed by atoms with Gasteiger partial charge in [-0.15, -0.1) is 10.2 Å². The van der Waals surface area contributed by atoms with Crippen molar-refractivity contribution in [3.05, 3.63) is 59.6 Å². The molecule has 1 aliphatic heterocycles. The minimum absolute atomic E-state index is 0.137. The summed E-state index contributed by atoms with van der Waals surface area (Å²) in [5, 5.41) is 10.1. The van der Waals surface area contributed by atoms with Gasteiger partial charge < -0.3 is 9.80 Å². The Labute approximate surface area is 185 Å². The Kier molecular flexibility index (Phi) is 6.72. The summed E-state index contributed by atoms with van der Waals surface area (Å²) in [6, 6.07) is 17.5. The molecule has 1 amide bonds. The largest absolute Gasteiger partial charge is 0.339 e. The van der Waals surface area contributed by atoms with Gasteiger partial charge in [0.15, 0.2) is 11.0 Å². The van der Waals surface area contributed by atoms with Gasteiger partial charge in [0.25, 0.3) is 0 Å². The maximum Gasteiger partial charge on any atom is 0.233 e. The van der Waals surface area contributed by atoms with Gasteiger partial charge >= 0.3 is 0 Å². The van der Waals surface area contributed by atoms with Crippen LogP contribution < -0.4 is 0 Å². The van der Waals surface area contributed by atoms with E-state index in [4.69, 9.17) is 11.6 Å². The molecule has 0 N–H and O–H groups in total. The van der Waals surface area contributed by atoms with Gasteiger partial charge in [-0.25, -0.2) is 0 Å². The van der Waals surface area contributed by atoms with Crippen molar-refractivity contribution < 1.29 is 4.79 Å². The van der Waals surface area contributed by atoms with Crippen LogP contribution in [0.5, 0.6) is 0 Å². The van der Waals surface area contributed by atoms with Gasteiger partial charge in [0.1, 0.15) is 0 Å². The number of piperazine rings is 1. The van der Waals surface area contributed by atoms with Crippen LogP contribution in [-0.4, -0.2) is 68.9 Å². The lowest BCUT2D eigenvalue weighted by Gasteiger charge is -2.34. The number of thioether (sulfide) groups is 1. The molecule has 1 fully saturated rings. The highest BCUT2D eigenvalue weighted by Crippen LogP contribution is 2.31. The molecule has 1 saturated heterocycles. The number of rotatable bonds is 6. The first-order chi connectivity index (χ1) is 14.7. The molecule has 3 aromatic rings. The summed E-state index contributed by atoms with van der Waals surface area (Å²) < 4.78 is 1.97. The molecule has 0 atom stereocenters. The minimum atomic E-state index is 0.137. The molecule has 2 heterocycles. The maximum absolute atomic E-state index is 12.8. The highest BCUT2D eigenvalue weighted by atomic mass is 35.5. The molecule has 8 heteroatoms. The number of amides is 1. The van der Waals surface area contributed by atoms with Crippen molar-refractivity contribution in [2.45, 2.75) is 12.1 Å². The van der Waals surface area contributed by atoms with Crippen molar-refractivity contribution >= 4 is 29.3 Å². The standard InChI is InChI=1S/C22H24ClN5OS/c1-2-26-12-14-27(15-13-26)20(29)16-30-22-25-24-21(18-10-6-7-11-19(18)23)28(22)17-8-4-3-5-9-17/h3-11H,2,12-16H2,1H3. The van der Waals surface area contributed by atoms with Crippen LogP contribution in [-0.2, 0) is 4.79 Å². The normalized spacial score (nSPS) is 14.8. The third kappa shape index (κ3) is 4.53. The second-order valence-corrected chi connectivity index (χ2v) is 8.41.